The second-order valence-corrected chi connectivity index (χ2v) is 8.50. The molecule has 0 aliphatic carbocycles. The molecule has 2 heterocycles. The Morgan fingerprint density at radius 1 is 1.48 bits per heavy atom. The second-order valence-electron chi connectivity index (χ2n) is 7.06. The summed E-state index contributed by atoms with van der Waals surface area (Å²) in [6.45, 7) is 6.59. The van der Waals surface area contributed by atoms with E-state index in [0.29, 0.717) is 23.9 Å². The molecule has 1 aliphatic rings. The van der Waals surface area contributed by atoms with Crippen LogP contribution in [0.5, 0.6) is 0 Å². The van der Waals surface area contributed by atoms with Crippen LogP contribution in [-0.2, 0) is 15.5 Å². The summed E-state index contributed by atoms with van der Waals surface area (Å²) in [5.74, 6) is 0.448. The van der Waals surface area contributed by atoms with Crippen LogP contribution in [0.4, 0.5) is 10.5 Å². The van der Waals surface area contributed by atoms with Crippen LogP contribution in [0.1, 0.15) is 33.6 Å². The topological polar surface area (TPSA) is 103 Å². The van der Waals surface area contributed by atoms with Crippen molar-refractivity contribution in [1.82, 2.24) is 9.88 Å². The fraction of sp³-hybridized carbons (Fsp3) is 0.625. The third kappa shape index (κ3) is 5.77. The zero-order valence-corrected chi connectivity index (χ0v) is 15.5. The van der Waals surface area contributed by atoms with Crippen LogP contribution in [0.15, 0.2) is 23.4 Å². The molecule has 2 atom stereocenters. The number of ether oxygens (including phenoxy) is 1. The number of pyridine rings is 1. The van der Waals surface area contributed by atoms with Crippen molar-refractivity contribution in [1.29, 1.82) is 0 Å². The Bertz CT molecular complexity index is 657. The maximum absolute atomic E-state index is 12.4. The van der Waals surface area contributed by atoms with Gasteiger partial charge in [-0.25, -0.2) is 9.78 Å². The number of carbonyl (C=O) groups is 1. The Hall–Kier alpha value is -2.03. The molecule has 0 saturated carbocycles. The minimum atomic E-state index is -1.36. The lowest BCUT2D eigenvalue weighted by Gasteiger charge is -2.33. The molecule has 25 heavy (non-hydrogen) atoms. The fourth-order valence-corrected chi connectivity index (χ4v) is 3.87. The van der Waals surface area contributed by atoms with Crippen molar-refractivity contribution in [2.45, 2.75) is 44.2 Å². The number of hydrogen-bond acceptors (Lipinski definition) is 6. The predicted octanol–water partition coefficient (Wildman–Crippen LogP) is 2.74. The molecule has 0 spiro atoms. The number of piperidine rings is 1. The van der Waals surface area contributed by atoms with Gasteiger partial charge in [0.15, 0.2) is 0 Å². The molecule has 0 radical (unpaired) electrons. The summed E-state index contributed by atoms with van der Waals surface area (Å²) in [4.78, 5) is 27.8. The van der Waals surface area contributed by atoms with Crippen LogP contribution in [0.25, 0.3) is 0 Å². The molecule has 138 valence electrons. The quantitative estimate of drug-likeness (QED) is 0.597. The molecule has 8 nitrogen and oxygen atoms in total. The molecule has 1 amide bonds. The number of rotatable bonds is 4. The monoisotopic (exact) mass is 369 g/mol. The van der Waals surface area contributed by atoms with Crippen LogP contribution < -0.4 is 0 Å². The Morgan fingerprint density at radius 2 is 2.20 bits per heavy atom. The van der Waals surface area contributed by atoms with Crippen molar-refractivity contribution >= 4 is 22.6 Å². The van der Waals surface area contributed by atoms with Crippen molar-refractivity contribution in [3.8, 4) is 0 Å². The normalized spacial score (nSPS) is 19.3. The van der Waals surface area contributed by atoms with Gasteiger partial charge in [-0.15, -0.1) is 0 Å². The average Bonchev–Trinajstić information content (AvgIpc) is 2.53. The SMILES string of the molecule is CC(C)(C)OC(=O)N1CCC[C@H](C[S@@](=O)c2ccc([N+](=O)[O-])cn2)C1. The summed E-state index contributed by atoms with van der Waals surface area (Å²) in [5.41, 5.74) is -0.676. The average molecular weight is 369 g/mol. The Morgan fingerprint density at radius 3 is 2.76 bits per heavy atom. The van der Waals surface area contributed by atoms with E-state index in [-0.39, 0.29) is 17.7 Å². The van der Waals surface area contributed by atoms with Crippen LogP contribution >= 0.6 is 0 Å². The van der Waals surface area contributed by atoms with Gasteiger partial charge in [-0.1, -0.05) is 0 Å². The summed E-state index contributed by atoms with van der Waals surface area (Å²) in [6.07, 6.45) is 2.46. The van der Waals surface area contributed by atoms with E-state index in [1.807, 2.05) is 20.8 Å². The fourth-order valence-electron chi connectivity index (χ4n) is 2.61. The lowest BCUT2D eigenvalue weighted by Crippen LogP contribution is -2.44. The van der Waals surface area contributed by atoms with Gasteiger partial charge in [0.05, 0.1) is 15.7 Å². The first-order chi connectivity index (χ1) is 11.7. The molecule has 1 aromatic rings. The Labute approximate surface area is 149 Å². The number of amides is 1. The molecular formula is C16H23N3O5S. The molecule has 1 aromatic heterocycles. The van der Waals surface area contributed by atoms with Crippen molar-refractivity contribution in [2.24, 2.45) is 5.92 Å². The number of likely N-dealkylation sites (tertiary alicyclic amines) is 1. The van der Waals surface area contributed by atoms with Crippen molar-refractivity contribution < 1.29 is 18.7 Å². The van der Waals surface area contributed by atoms with E-state index in [2.05, 4.69) is 4.98 Å². The van der Waals surface area contributed by atoms with Gasteiger partial charge < -0.3 is 9.64 Å². The summed E-state index contributed by atoms with van der Waals surface area (Å²) in [5, 5.41) is 11.0. The van der Waals surface area contributed by atoms with Crippen LogP contribution in [0.2, 0.25) is 0 Å². The minimum Gasteiger partial charge on any atom is -0.444 e. The van der Waals surface area contributed by atoms with Crippen LogP contribution in [-0.4, -0.2) is 49.6 Å². The lowest BCUT2D eigenvalue weighted by molar-refractivity contribution is -0.385. The molecule has 1 fully saturated rings. The van der Waals surface area contributed by atoms with Crippen molar-refractivity contribution in [3.05, 3.63) is 28.4 Å². The standard InChI is InChI=1S/C16H23N3O5S/c1-16(2,3)24-15(20)18-8-4-5-12(10-18)11-25(23)14-7-6-13(9-17-14)19(21)22/h6-7,9,12H,4-5,8,10-11H2,1-3H3/t12-,25+/m0/s1. The van der Waals surface area contributed by atoms with Gasteiger partial charge in [-0.3, -0.25) is 14.3 Å². The van der Waals surface area contributed by atoms with Crippen LogP contribution in [0, 0.1) is 16.0 Å². The second kappa shape index (κ2) is 7.90. The van der Waals surface area contributed by atoms with E-state index in [0.717, 1.165) is 19.0 Å². The Kier molecular flexibility index (Phi) is 6.10. The van der Waals surface area contributed by atoms with Gasteiger partial charge in [0, 0.05) is 24.9 Å². The van der Waals surface area contributed by atoms with Gasteiger partial charge in [-0.05, 0) is 45.6 Å². The highest BCUT2D eigenvalue weighted by atomic mass is 32.2. The van der Waals surface area contributed by atoms with E-state index in [1.54, 1.807) is 4.90 Å². The highest BCUT2D eigenvalue weighted by molar-refractivity contribution is 7.84. The van der Waals surface area contributed by atoms with E-state index in [9.17, 15) is 19.1 Å². The summed E-state index contributed by atoms with van der Waals surface area (Å²) < 4.78 is 17.8. The summed E-state index contributed by atoms with van der Waals surface area (Å²) in [7, 11) is -1.36. The number of nitro groups is 1. The molecule has 2 rings (SSSR count). The third-order valence-electron chi connectivity index (χ3n) is 3.72. The van der Waals surface area contributed by atoms with E-state index in [1.165, 1.54) is 12.1 Å². The lowest BCUT2D eigenvalue weighted by atomic mass is 10.0. The third-order valence-corrected chi connectivity index (χ3v) is 5.20. The zero-order valence-electron chi connectivity index (χ0n) is 14.6. The van der Waals surface area contributed by atoms with E-state index >= 15 is 0 Å². The number of carbonyl (C=O) groups excluding carboxylic acids is 1. The number of aromatic nitrogens is 1. The first-order valence-corrected chi connectivity index (χ1v) is 9.44. The molecule has 0 bridgehead atoms. The van der Waals surface area contributed by atoms with E-state index in [4.69, 9.17) is 4.74 Å². The molecule has 9 heteroatoms. The summed E-state index contributed by atoms with van der Waals surface area (Å²) >= 11 is 0. The molecular weight excluding hydrogens is 346 g/mol. The number of nitrogens with zero attached hydrogens (tertiary/aromatic N) is 3. The Balaban J connectivity index is 1.94. The number of hydrogen-bond donors (Lipinski definition) is 0. The minimum absolute atomic E-state index is 0.0825. The molecule has 0 aromatic carbocycles. The highest BCUT2D eigenvalue weighted by Crippen LogP contribution is 2.22. The molecule has 1 aliphatic heterocycles. The zero-order chi connectivity index (χ0) is 18.6. The van der Waals surface area contributed by atoms with Gasteiger partial charge in [0.1, 0.15) is 16.8 Å². The highest BCUT2D eigenvalue weighted by Gasteiger charge is 2.28. The summed E-state index contributed by atoms with van der Waals surface area (Å²) in [6, 6.07) is 2.72. The smallest absolute Gasteiger partial charge is 0.410 e. The van der Waals surface area contributed by atoms with Gasteiger partial charge in [0.2, 0.25) is 0 Å². The van der Waals surface area contributed by atoms with Gasteiger partial charge in [-0.2, -0.15) is 0 Å². The van der Waals surface area contributed by atoms with Crippen molar-refractivity contribution in [2.75, 3.05) is 18.8 Å². The molecule has 1 saturated heterocycles. The molecule has 0 unspecified atom stereocenters. The first kappa shape index (κ1) is 19.3. The maximum Gasteiger partial charge on any atom is 0.410 e. The maximum atomic E-state index is 12.4. The van der Waals surface area contributed by atoms with E-state index < -0.39 is 21.3 Å². The largest absolute Gasteiger partial charge is 0.444 e. The van der Waals surface area contributed by atoms with Crippen LogP contribution in [0.3, 0.4) is 0 Å². The van der Waals surface area contributed by atoms with Crippen molar-refractivity contribution in [3.63, 3.8) is 0 Å². The predicted molar refractivity (Wildman–Crippen MR) is 92.7 cm³/mol. The van der Waals surface area contributed by atoms with Gasteiger partial charge in [0.25, 0.3) is 5.69 Å². The molecule has 0 N–H and O–H groups in total. The first-order valence-electron chi connectivity index (χ1n) is 8.12. The van der Waals surface area contributed by atoms with Gasteiger partial charge >= 0.3 is 6.09 Å².